The number of para-hydroxylation sites is 1. The van der Waals surface area contributed by atoms with Crippen LogP contribution in [0.25, 0.3) is 11.2 Å². The Labute approximate surface area is 254 Å². The molecular weight excluding hydrogens is 595 g/mol. The number of methoxy groups -OCH3 is 2. The Morgan fingerprint density at radius 2 is 1.98 bits per heavy atom. The zero-order valence-electron chi connectivity index (χ0n) is 24.8. The monoisotopic (exact) mass is 632 g/mol. The summed E-state index contributed by atoms with van der Waals surface area (Å²) in [5.74, 6) is -0.00825. The minimum Gasteiger partial charge on any atom is -0.479 e. The van der Waals surface area contributed by atoms with Crippen LogP contribution in [-0.4, -0.2) is 82.9 Å². The molecule has 1 saturated carbocycles. The number of nitrogens with two attached hydrogens (primary N) is 1. The van der Waals surface area contributed by atoms with Gasteiger partial charge in [-0.25, -0.2) is 9.55 Å². The van der Waals surface area contributed by atoms with Crippen molar-refractivity contribution in [2.75, 3.05) is 33.2 Å². The molecule has 6 rings (SSSR count). The summed E-state index contributed by atoms with van der Waals surface area (Å²) in [6, 6.07) is 7.59. The minimum atomic E-state index is -4.15. The van der Waals surface area contributed by atoms with E-state index < -0.39 is 43.8 Å². The highest BCUT2D eigenvalue weighted by atomic mass is 31.2. The van der Waals surface area contributed by atoms with Crippen molar-refractivity contribution in [3.63, 3.8) is 0 Å². The van der Waals surface area contributed by atoms with E-state index in [2.05, 4.69) is 20.0 Å². The second kappa shape index (κ2) is 12.6. The number of carbonyl (C=O) groups is 1. The predicted molar refractivity (Wildman–Crippen MR) is 156 cm³/mol. The number of hydrogen-bond donors (Lipinski definition) is 2. The molecule has 3 aliphatic rings. The van der Waals surface area contributed by atoms with Crippen molar-refractivity contribution in [1.82, 2.24) is 24.6 Å². The molecular formula is C28H37N6O9P. The molecule has 6 atom stereocenters. The van der Waals surface area contributed by atoms with Crippen LogP contribution in [-0.2, 0) is 32.8 Å². The van der Waals surface area contributed by atoms with Crippen molar-refractivity contribution in [3.8, 4) is 11.6 Å². The first kappa shape index (κ1) is 30.7. The molecule has 2 aliphatic heterocycles. The lowest BCUT2D eigenvalue weighted by atomic mass is 9.86. The number of fused-ring (bicyclic) bond motifs is 1. The number of rotatable bonds is 12. The van der Waals surface area contributed by atoms with Crippen LogP contribution in [0.4, 0.5) is 5.95 Å². The van der Waals surface area contributed by atoms with E-state index in [0.717, 1.165) is 25.7 Å². The molecule has 3 N–H and O–H groups in total. The van der Waals surface area contributed by atoms with E-state index in [1.54, 1.807) is 55.3 Å². The van der Waals surface area contributed by atoms with Gasteiger partial charge in [-0.1, -0.05) is 18.2 Å². The van der Waals surface area contributed by atoms with Crippen molar-refractivity contribution < 1.29 is 42.1 Å². The average Bonchev–Trinajstić information content (AvgIpc) is 3.73. The number of nitrogens with zero attached hydrogens (tertiary/aromatic N) is 4. The summed E-state index contributed by atoms with van der Waals surface area (Å²) >= 11 is 0. The highest BCUT2D eigenvalue weighted by Gasteiger charge is 2.63. The highest BCUT2D eigenvalue weighted by Crippen LogP contribution is 2.52. The van der Waals surface area contributed by atoms with E-state index in [1.807, 2.05) is 0 Å². The number of carbonyl (C=O) groups excluding carboxylic acids is 1. The number of nitrogen functional groups attached to an aromatic ring is 1. The van der Waals surface area contributed by atoms with Crippen LogP contribution in [0, 0.1) is 0 Å². The summed E-state index contributed by atoms with van der Waals surface area (Å²) < 4.78 is 57.2. The zero-order valence-corrected chi connectivity index (χ0v) is 25.7. The third kappa shape index (κ3) is 5.87. The molecule has 6 unspecified atom stereocenters. The quantitative estimate of drug-likeness (QED) is 0.219. The van der Waals surface area contributed by atoms with Crippen molar-refractivity contribution in [2.45, 2.75) is 75.2 Å². The van der Waals surface area contributed by atoms with Gasteiger partial charge in [-0.2, -0.15) is 15.1 Å². The van der Waals surface area contributed by atoms with E-state index in [4.69, 9.17) is 38.5 Å². The van der Waals surface area contributed by atoms with Crippen molar-refractivity contribution in [1.29, 1.82) is 0 Å². The summed E-state index contributed by atoms with van der Waals surface area (Å²) in [6.07, 6.45) is 3.51. The van der Waals surface area contributed by atoms with Gasteiger partial charge >= 0.3 is 13.7 Å². The maximum Gasteiger partial charge on any atom is 0.459 e. The van der Waals surface area contributed by atoms with Crippen molar-refractivity contribution in [2.24, 2.45) is 0 Å². The lowest BCUT2D eigenvalue weighted by molar-refractivity contribution is -0.229. The number of ether oxygens (including phenoxy) is 5. The molecule has 1 aliphatic carbocycles. The van der Waals surface area contributed by atoms with Crippen LogP contribution in [0.5, 0.6) is 11.6 Å². The number of esters is 1. The van der Waals surface area contributed by atoms with Gasteiger partial charge in [0, 0.05) is 13.5 Å². The Kier molecular flexibility index (Phi) is 8.77. The van der Waals surface area contributed by atoms with Gasteiger partial charge in [0.05, 0.1) is 26.7 Å². The van der Waals surface area contributed by atoms with Gasteiger partial charge in [0.2, 0.25) is 11.8 Å². The first-order valence-corrected chi connectivity index (χ1v) is 16.1. The summed E-state index contributed by atoms with van der Waals surface area (Å²) in [7, 11) is -1.14. The number of anilines is 1. The number of hydrogen-bond acceptors (Lipinski definition) is 13. The zero-order chi connectivity index (χ0) is 30.9. The lowest BCUT2D eigenvalue weighted by Gasteiger charge is -2.45. The second-order valence-corrected chi connectivity index (χ2v) is 12.7. The summed E-state index contributed by atoms with van der Waals surface area (Å²) in [5, 5.41) is 2.75. The predicted octanol–water partition coefficient (Wildman–Crippen LogP) is 3.16. The molecule has 0 amide bonds. The first-order valence-electron chi connectivity index (χ1n) is 14.6. The third-order valence-corrected chi connectivity index (χ3v) is 9.82. The topological polar surface area (TPSA) is 180 Å². The Morgan fingerprint density at radius 3 is 2.64 bits per heavy atom. The van der Waals surface area contributed by atoms with Crippen molar-refractivity contribution in [3.05, 3.63) is 36.7 Å². The van der Waals surface area contributed by atoms with Crippen LogP contribution in [0.15, 0.2) is 36.7 Å². The smallest absolute Gasteiger partial charge is 0.459 e. The van der Waals surface area contributed by atoms with E-state index in [9.17, 15) is 9.36 Å². The maximum absolute atomic E-state index is 14.2. The molecule has 1 aromatic carbocycles. The van der Waals surface area contributed by atoms with E-state index >= 15 is 0 Å². The lowest BCUT2D eigenvalue weighted by Crippen LogP contribution is -2.57. The van der Waals surface area contributed by atoms with Crippen LogP contribution >= 0.6 is 7.75 Å². The number of nitrogens with one attached hydrogen (secondary N) is 1. The molecule has 238 valence electrons. The molecule has 3 fully saturated rings. The molecule has 2 saturated heterocycles. The molecule has 2 aromatic heterocycles. The molecule has 1 spiro atoms. The largest absolute Gasteiger partial charge is 0.479 e. The Bertz CT molecular complexity index is 1510. The van der Waals surface area contributed by atoms with E-state index in [1.165, 1.54) is 7.11 Å². The van der Waals surface area contributed by atoms with Crippen LogP contribution in [0.3, 0.4) is 0 Å². The summed E-state index contributed by atoms with van der Waals surface area (Å²) in [4.78, 5) is 25.7. The first-order chi connectivity index (χ1) is 21.2. The van der Waals surface area contributed by atoms with E-state index in [-0.39, 0.29) is 24.5 Å². The average molecular weight is 633 g/mol. The van der Waals surface area contributed by atoms with Crippen molar-refractivity contribution >= 4 is 30.8 Å². The van der Waals surface area contributed by atoms with Gasteiger partial charge in [0.15, 0.2) is 17.4 Å². The van der Waals surface area contributed by atoms with Gasteiger partial charge in [-0.3, -0.25) is 13.9 Å². The van der Waals surface area contributed by atoms with Crippen LogP contribution < -0.4 is 20.1 Å². The summed E-state index contributed by atoms with van der Waals surface area (Å²) in [5.41, 5.74) is 5.81. The number of imidazole rings is 1. The molecule has 0 radical (unpaired) electrons. The Hall–Kier alpha value is -3.33. The fraction of sp³-hybridized carbons (Fsp3) is 0.571. The Balaban J connectivity index is 1.23. The van der Waals surface area contributed by atoms with Crippen LogP contribution in [0.1, 0.15) is 45.3 Å². The third-order valence-electron chi connectivity index (χ3n) is 8.18. The molecule has 0 bridgehead atoms. The van der Waals surface area contributed by atoms with Gasteiger partial charge in [0.1, 0.15) is 35.7 Å². The fourth-order valence-electron chi connectivity index (χ4n) is 6.01. The molecule has 44 heavy (non-hydrogen) atoms. The van der Waals surface area contributed by atoms with E-state index in [0.29, 0.717) is 29.9 Å². The standard InChI is InChI=1S/C28H37N6O9P/c1-17(25(35)41-18-9-7-8-10-18)33-44(36,43-19-11-5-4-6-12-19)40-15-20-22(37-2)28(13-14-39-28)26(42-20)34-16-30-21-23(34)31-27(29)32-24(21)38-3/h4-6,11-12,16-18,20,22,26H,7-10,13-15H2,1-3H3,(H,33,36)(H2,29,31,32). The number of aromatic nitrogens is 4. The Morgan fingerprint density at radius 1 is 1.23 bits per heavy atom. The molecule has 4 heterocycles. The normalized spacial score (nSPS) is 27.2. The maximum atomic E-state index is 14.2. The molecule has 16 heteroatoms. The van der Waals surface area contributed by atoms with Gasteiger partial charge in [-0.05, 0) is 44.7 Å². The minimum absolute atomic E-state index is 0.00602. The van der Waals surface area contributed by atoms with Gasteiger partial charge in [-0.15, -0.1) is 0 Å². The number of benzene rings is 1. The highest BCUT2D eigenvalue weighted by molar-refractivity contribution is 7.52. The second-order valence-electron chi connectivity index (χ2n) is 11.0. The summed E-state index contributed by atoms with van der Waals surface area (Å²) in [6.45, 7) is 1.82. The van der Waals surface area contributed by atoms with Crippen LogP contribution in [0.2, 0.25) is 0 Å². The molecule has 3 aromatic rings. The fourth-order valence-corrected chi connectivity index (χ4v) is 7.51. The van der Waals surface area contributed by atoms with Gasteiger partial charge < -0.3 is 33.9 Å². The van der Waals surface area contributed by atoms with Gasteiger partial charge in [0.25, 0.3) is 0 Å². The SMILES string of the molecule is COc1nc(N)nc2c1ncn2C1OC(COP(=O)(NC(C)C(=O)OC2CCCC2)Oc2ccccc2)C(OC)C12CCO2. The molecule has 15 nitrogen and oxygen atoms in total.